The van der Waals surface area contributed by atoms with Crippen LogP contribution in [0.15, 0.2) is 48.7 Å². The van der Waals surface area contributed by atoms with Crippen molar-refractivity contribution in [2.24, 2.45) is 0 Å². The molecule has 0 radical (unpaired) electrons. The largest absolute Gasteiger partial charge is 0.398 e. The minimum atomic E-state index is -0.0429. The Hall–Kier alpha value is -2.55. The number of fused-ring (bicyclic) bond motifs is 1. The lowest BCUT2D eigenvalue weighted by molar-refractivity contribution is 0.104. The Morgan fingerprint density at radius 2 is 1.89 bits per heavy atom. The first kappa shape index (κ1) is 11.5. The van der Waals surface area contributed by atoms with E-state index in [1.54, 1.807) is 12.3 Å². The standard InChI is InChI=1S/C16H14N2O/c1-10-6-7-14(17)12(8-10)16(19)13-9-18-15-5-3-2-4-11(13)15/h2-9,18H,17H2,1H3. The van der Waals surface area contributed by atoms with Crippen LogP contribution in [0, 0.1) is 6.92 Å². The first-order valence-corrected chi connectivity index (χ1v) is 6.14. The molecule has 0 aliphatic rings. The van der Waals surface area contributed by atoms with Gasteiger partial charge >= 0.3 is 0 Å². The number of H-pyrrole nitrogens is 1. The second-order valence-electron chi connectivity index (χ2n) is 4.67. The Labute approximate surface area is 111 Å². The zero-order valence-corrected chi connectivity index (χ0v) is 10.6. The molecule has 0 fully saturated rings. The predicted octanol–water partition coefficient (Wildman–Crippen LogP) is 3.29. The minimum absolute atomic E-state index is 0.0429. The Morgan fingerprint density at radius 3 is 2.74 bits per heavy atom. The Bertz CT molecular complexity index is 771. The molecule has 0 saturated heterocycles. The number of aryl methyl sites for hydroxylation is 1. The van der Waals surface area contributed by atoms with Gasteiger partial charge < -0.3 is 10.7 Å². The number of hydrogen-bond acceptors (Lipinski definition) is 2. The highest BCUT2D eigenvalue weighted by Crippen LogP contribution is 2.24. The zero-order valence-electron chi connectivity index (χ0n) is 10.6. The molecule has 0 spiro atoms. The molecule has 0 saturated carbocycles. The number of carbonyl (C=O) groups excluding carboxylic acids is 1. The fraction of sp³-hybridized carbons (Fsp3) is 0.0625. The Morgan fingerprint density at radius 1 is 1.11 bits per heavy atom. The third-order valence-corrected chi connectivity index (χ3v) is 3.29. The lowest BCUT2D eigenvalue weighted by Gasteiger charge is -2.05. The van der Waals surface area contributed by atoms with Gasteiger partial charge in [-0.05, 0) is 25.1 Å². The van der Waals surface area contributed by atoms with E-state index in [1.165, 1.54) is 0 Å². The van der Waals surface area contributed by atoms with Gasteiger partial charge in [-0.25, -0.2) is 0 Å². The Kier molecular flexibility index (Phi) is 2.60. The van der Waals surface area contributed by atoms with Gasteiger partial charge in [-0.3, -0.25) is 4.79 Å². The summed E-state index contributed by atoms with van der Waals surface area (Å²) >= 11 is 0. The van der Waals surface area contributed by atoms with Crippen molar-refractivity contribution in [1.82, 2.24) is 4.98 Å². The summed E-state index contributed by atoms with van der Waals surface area (Å²) < 4.78 is 0. The van der Waals surface area contributed by atoms with Crippen molar-refractivity contribution >= 4 is 22.4 Å². The topological polar surface area (TPSA) is 58.9 Å². The average molecular weight is 250 g/mol. The van der Waals surface area contributed by atoms with Crippen molar-refractivity contribution in [3.63, 3.8) is 0 Å². The van der Waals surface area contributed by atoms with Gasteiger partial charge in [0.05, 0.1) is 0 Å². The van der Waals surface area contributed by atoms with Crippen LogP contribution in [0.25, 0.3) is 10.9 Å². The molecule has 0 atom stereocenters. The summed E-state index contributed by atoms with van der Waals surface area (Å²) in [6.07, 6.45) is 1.74. The maximum absolute atomic E-state index is 12.6. The van der Waals surface area contributed by atoms with Crippen LogP contribution < -0.4 is 5.73 Å². The number of nitrogens with two attached hydrogens (primary N) is 1. The van der Waals surface area contributed by atoms with Gasteiger partial charge in [-0.1, -0.05) is 29.8 Å². The molecule has 0 aliphatic carbocycles. The summed E-state index contributed by atoms with van der Waals surface area (Å²) in [7, 11) is 0. The third-order valence-electron chi connectivity index (χ3n) is 3.29. The van der Waals surface area contributed by atoms with E-state index in [-0.39, 0.29) is 5.78 Å². The van der Waals surface area contributed by atoms with Crippen molar-refractivity contribution in [3.05, 3.63) is 65.4 Å². The number of nitrogens with one attached hydrogen (secondary N) is 1. The summed E-state index contributed by atoms with van der Waals surface area (Å²) in [6, 6.07) is 13.3. The molecule has 3 nitrogen and oxygen atoms in total. The molecule has 19 heavy (non-hydrogen) atoms. The van der Waals surface area contributed by atoms with Gasteiger partial charge in [0.2, 0.25) is 0 Å². The zero-order chi connectivity index (χ0) is 13.4. The van der Waals surface area contributed by atoms with Crippen molar-refractivity contribution in [1.29, 1.82) is 0 Å². The fourth-order valence-corrected chi connectivity index (χ4v) is 2.27. The Balaban J connectivity index is 2.16. The van der Waals surface area contributed by atoms with Crippen LogP contribution in [0.3, 0.4) is 0 Å². The molecule has 1 aromatic heterocycles. The number of benzene rings is 2. The predicted molar refractivity (Wildman–Crippen MR) is 77.3 cm³/mol. The first-order valence-electron chi connectivity index (χ1n) is 6.14. The van der Waals surface area contributed by atoms with Crippen molar-refractivity contribution in [3.8, 4) is 0 Å². The van der Waals surface area contributed by atoms with Crippen LogP contribution in [-0.2, 0) is 0 Å². The summed E-state index contributed by atoms with van der Waals surface area (Å²) in [5, 5.41) is 0.924. The van der Waals surface area contributed by atoms with E-state index in [9.17, 15) is 4.79 Å². The molecule has 3 aromatic rings. The van der Waals surface area contributed by atoms with E-state index >= 15 is 0 Å². The molecule has 2 aromatic carbocycles. The highest BCUT2D eigenvalue weighted by Gasteiger charge is 2.16. The van der Waals surface area contributed by atoms with Gasteiger partial charge in [0.25, 0.3) is 0 Å². The normalized spacial score (nSPS) is 10.8. The number of aromatic nitrogens is 1. The molecule has 3 rings (SSSR count). The number of rotatable bonds is 2. The third kappa shape index (κ3) is 1.89. The number of ketones is 1. The van der Waals surface area contributed by atoms with Gasteiger partial charge in [0.15, 0.2) is 5.78 Å². The van der Waals surface area contributed by atoms with E-state index in [0.29, 0.717) is 16.8 Å². The van der Waals surface area contributed by atoms with E-state index in [4.69, 9.17) is 5.73 Å². The van der Waals surface area contributed by atoms with Crippen LogP contribution in [-0.4, -0.2) is 10.8 Å². The molecule has 0 bridgehead atoms. The van der Waals surface area contributed by atoms with Gasteiger partial charge in [0.1, 0.15) is 0 Å². The minimum Gasteiger partial charge on any atom is -0.398 e. The lowest BCUT2D eigenvalue weighted by Crippen LogP contribution is -2.05. The van der Waals surface area contributed by atoms with Crippen molar-refractivity contribution in [2.75, 3.05) is 5.73 Å². The number of carbonyl (C=O) groups is 1. The average Bonchev–Trinajstić information content (AvgIpc) is 2.84. The van der Waals surface area contributed by atoms with E-state index < -0.39 is 0 Å². The number of hydrogen-bond donors (Lipinski definition) is 2. The molecule has 3 N–H and O–H groups in total. The molecular formula is C16H14N2O. The monoisotopic (exact) mass is 250 g/mol. The van der Waals surface area contributed by atoms with E-state index in [1.807, 2.05) is 43.3 Å². The first-order chi connectivity index (χ1) is 9.16. The number of anilines is 1. The maximum Gasteiger partial charge on any atom is 0.197 e. The summed E-state index contributed by atoms with van der Waals surface area (Å²) in [5.74, 6) is -0.0429. The molecule has 1 heterocycles. The second kappa shape index (κ2) is 4.28. The van der Waals surface area contributed by atoms with Crippen molar-refractivity contribution < 1.29 is 4.79 Å². The lowest BCUT2D eigenvalue weighted by atomic mass is 9.99. The van der Waals surface area contributed by atoms with Crippen LogP contribution in [0.1, 0.15) is 21.5 Å². The van der Waals surface area contributed by atoms with Crippen LogP contribution >= 0.6 is 0 Å². The number of nitrogen functional groups attached to an aromatic ring is 1. The SMILES string of the molecule is Cc1ccc(N)c(C(=O)c2c[nH]c3ccccc23)c1. The van der Waals surface area contributed by atoms with Gasteiger partial charge in [-0.15, -0.1) is 0 Å². The highest BCUT2D eigenvalue weighted by molar-refractivity contribution is 6.18. The smallest absolute Gasteiger partial charge is 0.197 e. The fourth-order valence-electron chi connectivity index (χ4n) is 2.27. The van der Waals surface area contributed by atoms with Crippen LogP contribution in [0.5, 0.6) is 0 Å². The van der Waals surface area contributed by atoms with E-state index in [2.05, 4.69) is 4.98 Å². The number of para-hydroxylation sites is 1. The van der Waals surface area contributed by atoms with Crippen LogP contribution in [0.2, 0.25) is 0 Å². The molecular weight excluding hydrogens is 236 g/mol. The van der Waals surface area contributed by atoms with Gasteiger partial charge in [0, 0.05) is 33.9 Å². The number of aromatic amines is 1. The second-order valence-corrected chi connectivity index (χ2v) is 4.67. The maximum atomic E-state index is 12.6. The molecule has 0 amide bonds. The molecule has 0 unspecified atom stereocenters. The summed E-state index contributed by atoms with van der Waals surface area (Å²) in [6.45, 7) is 1.95. The quantitative estimate of drug-likeness (QED) is 0.541. The molecule has 0 aliphatic heterocycles. The van der Waals surface area contributed by atoms with Gasteiger partial charge in [-0.2, -0.15) is 0 Å². The molecule has 94 valence electrons. The summed E-state index contributed by atoms with van der Waals surface area (Å²) in [4.78, 5) is 15.7. The van der Waals surface area contributed by atoms with Crippen molar-refractivity contribution in [2.45, 2.75) is 6.92 Å². The molecule has 3 heteroatoms. The van der Waals surface area contributed by atoms with E-state index in [0.717, 1.165) is 16.5 Å². The summed E-state index contributed by atoms with van der Waals surface area (Å²) in [5.41, 5.74) is 9.63. The highest BCUT2D eigenvalue weighted by atomic mass is 16.1. The van der Waals surface area contributed by atoms with Crippen LogP contribution in [0.4, 0.5) is 5.69 Å².